The van der Waals surface area contributed by atoms with Crippen LogP contribution in [-0.4, -0.2) is 40.3 Å². The molecule has 0 fully saturated rings. The van der Waals surface area contributed by atoms with E-state index in [1.54, 1.807) is 37.4 Å². The Morgan fingerprint density at radius 1 is 0.821 bits per heavy atom. The van der Waals surface area contributed by atoms with Crippen molar-refractivity contribution in [2.24, 2.45) is 0 Å². The maximum absolute atomic E-state index is 12.6. The molecule has 0 amide bonds. The monoisotopic (exact) mass is 384 g/mol. The zero-order chi connectivity index (χ0) is 20.7. The highest BCUT2D eigenvalue weighted by molar-refractivity contribution is 6.10. The Bertz CT molecular complexity index is 880. The van der Waals surface area contributed by atoms with Gasteiger partial charge in [0.2, 0.25) is 11.5 Å². The van der Waals surface area contributed by atoms with Gasteiger partial charge in [0.25, 0.3) is 0 Å². The first-order valence-corrected chi connectivity index (χ1v) is 8.64. The molecule has 0 aliphatic rings. The molecule has 0 aliphatic heterocycles. The van der Waals surface area contributed by atoms with Crippen molar-refractivity contribution in [3.8, 4) is 40.6 Å². The number of ether oxygens (including phenoxy) is 5. The topological polar surface area (TPSA) is 63.2 Å². The Morgan fingerprint density at radius 2 is 1.43 bits per heavy atom. The van der Waals surface area contributed by atoms with Crippen LogP contribution in [0, 0.1) is 11.8 Å². The third-order valence-corrected chi connectivity index (χ3v) is 3.77. The van der Waals surface area contributed by atoms with Crippen molar-refractivity contribution in [3.05, 3.63) is 41.5 Å². The fourth-order valence-corrected chi connectivity index (χ4v) is 2.51. The van der Waals surface area contributed by atoms with Crippen LogP contribution in [0.5, 0.6) is 28.7 Å². The van der Waals surface area contributed by atoms with Crippen molar-refractivity contribution >= 4 is 5.78 Å². The Hall–Kier alpha value is -3.33. The quantitative estimate of drug-likeness (QED) is 0.535. The molecule has 6 heteroatoms. The third kappa shape index (κ3) is 4.89. The standard InChI is InChI=1S/C22H24O6/c1-14(2)28-19-11-15(8-10-18(19)24-3)7-9-17(23)16-12-20(25-4)22(27-6)21(13-16)26-5/h8,10-14H,1-6H3. The van der Waals surface area contributed by atoms with E-state index in [0.29, 0.717) is 39.9 Å². The predicted octanol–water partition coefficient (Wildman–Crippen LogP) is 3.74. The number of methoxy groups -OCH3 is 4. The van der Waals surface area contributed by atoms with E-state index in [9.17, 15) is 4.79 Å². The van der Waals surface area contributed by atoms with Crippen LogP contribution in [0.2, 0.25) is 0 Å². The number of ketones is 1. The van der Waals surface area contributed by atoms with Crippen LogP contribution in [-0.2, 0) is 0 Å². The summed E-state index contributed by atoms with van der Waals surface area (Å²) in [4.78, 5) is 12.6. The van der Waals surface area contributed by atoms with Crippen molar-refractivity contribution in [2.45, 2.75) is 20.0 Å². The van der Waals surface area contributed by atoms with Gasteiger partial charge in [0.15, 0.2) is 23.0 Å². The summed E-state index contributed by atoms with van der Waals surface area (Å²) in [5.74, 6) is 7.51. The smallest absolute Gasteiger partial charge is 0.236 e. The van der Waals surface area contributed by atoms with Crippen LogP contribution in [0.3, 0.4) is 0 Å². The molecule has 0 saturated heterocycles. The Morgan fingerprint density at radius 3 is 1.93 bits per heavy atom. The van der Waals surface area contributed by atoms with Crippen LogP contribution in [0.15, 0.2) is 30.3 Å². The summed E-state index contributed by atoms with van der Waals surface area (Å²) >= 11 is 0. The van der Waals surface area contributed by atoms with Gasteiger partial charge in [-0.15, -0.1) is 0 Å². The summed E-state index contributed by atoms with van der Waals surface area (Å²) in [5, 5.41) is 0. The molecular weight excluding hydrogens is 360 g/mol. The third-order valence-electron chi connectivity index (χ3n) is 3.77. The van der Waals surface area contributed by atoms with Gasteiger partial charge in [-0.1, -0.05) is 5.92 Å². The maximum Gasteiger partial charge on any atom is 0.236 e. The first-order chi connectivity index (χ1) is 13.4. The second-order valence-electron chi connectivity index (χ2n) is 6.03. The minimum Gasteiger partial charge on any atom is -0.493 e. The largest absolute Gasteiger partial charge is 0.493 e. The molecular formula is C22H24O6. The summed E-state index contributed by atoms with van der Waals surface area (Å²) in [5.41, 5.74) is 0.978. The van der Waals surface area contributed by atoms with Crippen LogP contribution in [0.25, 0.3) is 0 Å². The highest BCUT2D eigenvalue weighted by Crippen LogP contribution is 2.38. The average Bonchev–Trinajstić information content (AvgIpc) is 2.70. The van der Waals surface area contributed by atoms with Gasteiger partial charge in [-0.25, -0.2) is 0 Å². The highest BCUT2D eigenvalue weighted by Gasteiger charge is 2.16. The number of carbonyl (C=O) groups excluding carboxylic acids is 1. The lowest BCUT2D eigenvalue weighted by atomic mass is 10.1. The Labute approximate surface area is 165 Å². The summed E-state index contributed by atoms with van der Waals surface area (Å²) < 4.78 is 26.8. The predicted molar refractivity (Wildman–Crippen MR) is 106 cm³/mol. The van der Waals surface area contributed by atoms with Gasteiger partial charge < -0.3 is 23.7 Å². The van der Waals surface area contributed by atoms with Gasteiger partial charge >= 0.3 is 0 Å². The van der Waals surface area contributed by atoms with E-state index >= 15 is 0 Å². The van der Waals surface area contributed by atoms with Crippen molar-refractivity contribution in [1.82, 2.24) is 0 Å². The SMILES string of the molecule is COc1ccc(C#CC(=O)c2cc(OC)c(OC)c(OC)c2)cc1OC(C)C. The lowest BCUT2D eigenvalue weighted by molar-refractivity contribution is 0.105. The fraction of sp³-hybridized carbons (Fsp3) is 0.318. The number of hydrogen-bond acceptors (Lipinski definition) is 6. The Balaban J connectivity index is 2.35. The second kappa shape index (κ2) is 9.56. The number of rotatable bonds is 7. The number of hydrogen-bond donors (Lipinski definition) is 0. The van der Waals surface area contributed by atoms with Crippen molar-refractivity contribution in [1.29, 1.82) is 0 Å². The molecule has 28 heavy (non-hydrogen) atoms. The normalized spacial score (nSPS) is 9.96. The first kappa shape index (κ1) is 21.0. The van der Waals surface area contributed by atoms with Gasteiger partial charge in [-0.2, -0.15) is 0 Å². The lowest BCUT2D eigenvalue weighted by Gasteiger charge is -2.13. The van der Waals surface area contributed by atoms with Gasteiger partial charge in [-0.3, -0.25) is 4.79 Å². The molecule has 0 spiro atoms. The van der Waals surface area contributed by atoms with E-state index in [4.69, 9.17) is 23.7 Å². The van der Waals surface area contributed by atoms with E-state index in [1.165, 1.54) is 21.3 Å². The molecule has 0 radical (unpaired) electrons. The van der Waals surface area contributed by atoms with Crippen molar-refractivity contribution < 1.29 is 28.5 Å². The molecule has 2 aromatic carbocycles. The number of Topliss-reactive ketones (excluding diaryl/α,β-unsaturated/α-hetero) is 1. The molecule has 148 valence electrons. The molecule has 0 aromatic heterocycles. The van der Waals surface area contributed by atoms with E-state index < -0.39 is 0 Å². The molecule has 0 atom stereocenters. The minimum absolute atomic E-state index is 0.0158. The lowest BCUT2D eigenvalue weighted by Crippen LogP contribution is -2.06. The molecule has 0 unspecified atom stereocenters. The Kier molecular flexibility index (Phi) is 7.16. The fourth-order valence-electron chi connectivity index (χ4n) is 2.51. The van der Waals surface area contributed by atoms with Crippen LogP contribution >= 0.6 is 0 Å². The molecule has 0 saturated carbocycles. The number of carbonyl (C=O) groups is 1. The molecule has 0 heterocycles. The van der Waals surface area contributed by atoms with Gasteiger partial charge in [0.1, 0.15) is 0 Å². The van der Waals surface area contributed by atoms with E-state index in [-0.39, 0.29) is 11.9 Å². The van der Waals surface area contributed by atoms with E-state index in [2.05, 4.69) is 11.8 Å². The second-order valence-corrected chi connectivity index (χ2v) is 6.03. The summed E-state index contributed by atoms with van der Waals surface area (Å²) in [6, 6.07) is 8.40. The van der Waals surface area contributed by atoms with E-state index in [1.807, 2.05) is 13.8 Å². The summed E-state index contributed by atoms with van der Waals surface area (Å²) in [7, 11) is 6.06. The van der Waals surface area contributed by atoms with Gasteiger partial charge in [-0.05, 0) is 50.1 Å². The average molecular weight is 384 g/mol. The van der Waals surface area contributed by atoms with Gasteiger partial charge in [0.05, 0.1) is 34.5 Å². The molecule has 0 N–H and O–H groups in total. The molecule has 2 aromatic rings. The van der Waals surface area contributed by atoms with Crippen LogP contribution < -0.4 is 23.7 Å². The molecule has 0 aliphatic carbocycles. The first-order valence-electron chi connectivity index (χ1n) is 8.64. The van der Waals surface area contributed by atoms with Crippen molar-refractivity contribution in [2.75, 3.05) is 28.4 Å². The zero-order valence-corrected chi connectivity index (χ0v) is 16.9. The summed E-state index contributed by atoms with van der Waals surface area (Å²) in [6.07, 6.45) is -0.0158. The highest BCUT2D eigenvalue weighted by atomic mass is 16.5. The van der Waals surface area contributed by atoms with Crippen LogP contribution in [0.1, 0.15) is 29.8 Å². The molecule has 0 bridgehead atoms. The number of benzene rings is 2. The molecule has 2 rings (SSSR count). The summed E-state index contributed by atoms with van der Waals surface area (Å²) in [6.45, 7) is 3.84. The zero-order valence-electron chi connectivity index (χ0n) is 16.9. The minimum atomic E-state index is -0.374. The van der Waals surface area contributed by atoms with Crippen molar-refractivity contribution in [3.63, 3.8) is 0 Å². The van der Waals surface area contributed by atoms with Crippen LogP contribution in [0.4, 0.5) is 0 Å². The van der Waals surface area contributed by atoms with Gasteiger partial charge in [0, 0.05) is 11.1 Å². The van der Waals surface area contributed by atoms with E-state index in [0.717, 1.165) is 0 Å². The maximum atomic E-state index is 12.6. The molecule has 6 nitrogen and oxygen atoms in total.